The average Bonchev–Trinajstić information content (AvgIpc) is 2.79. The Morgan fingerprint density at radius 3 is 2.41 bits per heavy atom. The highest BCUT2D eigenvalue weighted by Crippen LogP contribution is 2.39. The minimum absolute atomic E-state index is 0.284. The van der Waals surface area contributed by atoms with E-state index in [0.717, 1.165) is 31.7 Å². The van der Waals surface area contributed by atoms with Crippen LogP contribution >= 0.6 is 0 Å². The number of rotatable bonds is 6. The standard InChI is InChI=1S/C25H31N3O4/c1-6-19-8-7-9-20(16-19)23-21(24(29)31-5)17(2)26-18(3)22(23)25(30)32-15-14-28-12-10-27(4)11-13-28/h1,7-9,16,23,26H,10-15H2,2-5H3. The van der Waals surface area contributed by atoms with Crippen molar-refractivity contribution in [2.24, 2.45) is 0 Å². The number of hydrogen-bond acceptors (Lipinski definition) is 7. The first-order chi connectivity index (χ1) is 15.3. The summed E-state index contributed by atoms with van der Waals surface area (Å²) in [4.78, 5) is 30.5. The highest BCUT2D eigenvalue weighted by molar-refractivity contribution is 5.99. The van der Waals surface area contributed by atoms with Crippen molar-refractivity contribution in [3.8, 4) is 12.3 Å². The molecule has 0 spiro atoms. The first-order valence-electron chi connectivity index (χ1n) is 10.8. The fourth-order valence-electron chi connectivity index (χ4n) is 4.20. The number of terminal acetylenes is 1. The summed E-state index contributed by atoms with van der Waals surface area (Å²) < 4.78 is 10.7. The van der Waals surface area contributed by atoms with Gasteiger partial charge >= 0.3 is 11.9 Å². The molecular formula is C25H31N3O4. The monoisotopic (exact) mass is 437 g/mol. The maximum atomic E-state index is 13.2. The Bertz CT molecular complexity index is 981. The smallest absolute Gasteiger partial charge is 0.336 e. The van der Waals surface area contributed by atoms with E-state index >= 15 is 0 Å². The van der Waals surface area contributed by atoms with E-state index in [9.17, 15) is 9.59 Å². The number of ether oxygens (including phenoxy) is 2. The normalized spacial score (nSPS) is 19.9. The molecule has 170 valence electrons. The van der Waals surface area contributed by atoms with Crippen LogP contribution in [0, 0.1) is 12.3 Å². The molecule has 0 aromatic heterocycles. The lowest BCUT2D eigenvalue weighted by molar-refractivity contribution is -0.140. The molecule has 0 aliphatic carbocycles. The average molecular weight is 438 g/mol. The van der Waals surface area contributed by atoms with Crippen molar-refractivity contribution in [3.05, 3.63) is 57.9 Å². The van der Waals surface area contributed by atoms with Crippen molar-refractivity contribution in [1.82, 2.24) is 15.1 Å². The third-order valence-corrected chi connectivity index (χ3v) is 6.01. The van der Waals surface area contributed by atoms with Crippen LogP contribution in [0.3, 0.4) is 0 Å². The Hall–Kier alpha value is -3.08. The van der Waals surface area contributed by atoms with E-state index in [-0.39, 0.29) is 6.61 Å². The van der Waals surface area contributed by atoms with Crippen molar-refractivity contribution in [1.29, 1.82) is 0 Å². The molecule has 32 heavy (non-hydrogen) atoms. The maximum Gasteiger partial charge on any atom is 0.336 e. The summed E-state index contributed by atoms with van der Waals surface area (Å²) in [6, 6.07) is 7.31. The van der Waals surface area contributed by atoms with Gasteiger partial charge < -0.3 is 19.7 Å². The zero-order valence-electron chi connectivity index (χ0n) is 19.2. The number of dihydropyridines is 1. The topological polar surface area (TPSA) is 71.1 Å². The largest absolute Gasteiger partial charge is 0.466 e. The van der Waals surface area contributed by atoms with E-state index in [4.69, 9.17) is 15.9 Å². The number of benzene rings is 1. The third-order valence-electron chi connectivity index (χ3n) is 6.01. The van der Waals surface area contributed by atoms with Gasteiger partial charge in [-0.1, -0.05) is 18.1 Å². The Kier molecular flexibility index (Phi) is 7.73. The Morgan fingerprint density at radius 1 is 1.12 bits per heavy atom. The molecule has 2 aliphatic heterocycles. The number of carbonyl (C=O) groups is 2. The molecule has 0 saturated carbocycles. The molecule has 1 unspecified atom stereocenters. The lowest BCUT2D eigenvalue weighted by atomic mass is 9.80. The zero-order valence-corrected chi connectivity index (χ0v) is 19.2. The molecule has 7 nitrogen and oxygen atoms in total. The Labute approximate surface area is 190 Å². The number of piperazine rings is 1. The molecule has 1 fully saturated rings. The van der Waals surface area contributed by atoms with E-state index in [1.807, 2.05) is 31.2 Å². The number of methoxy groups -OCH3 is 1. The first kappa shape index (κ1) is 23.6. The van der Waals surface area contributed by atoms with Gasteiger partial charge in [-0.05, 0) is 38.6 Å². The van der Waals surface area contributed by atoms with Gasteiger partial charge in [-0.2, -0.15) is 0 Å². The molecule has 0 amide bonds. The molecule has 1 aromatic rings. The van der Waals surface area contributed by atoms with Crippen LogP contribution in [0.4, 0.5) is 0 Å². The summed E-state index contributed by atoms with van der Waals surface area (Å²) in [5.41, 5.74) is 3.47. The Balaban J connectivity index is 1.85. The summed E-state index contributed by atoms with van der Waals surface area (Å²) in [5.74, 6) is 1.04. The van der Waals surface area contributed by atoms with Gasteiger partial charge in [-0.25, -0.2) is 9.59 Å². The second-order valence-corrected chi connectivity index (χ2v) is 8.18. The molecule has 1 atom stereocenters. The Morgan fingerprint density at radius 2 is 1.78 bits per heavy atom. The molecule has 0 radical (unpaired) electrons. The predicted molar refractivity (Wildman–Crippen MR) is 123 cm³/mol. The van der Waals surface area contributed by atoms with Gasteiger partial charge in [-0.3, -0.25) is 4.90 Å². The van der Waals surface area contributed by atoms with Crippen LogP contribution in [0.5, 0.6) is 0 Å². The molecule has 7 heteroatoms. The van der Waals surface area contributed by atoms with Crippen molar-refractivity contribution < 1.29 is 19.1 Å². The first-order valence-corrected chi connectivity index (χ1v) is 10.8. The van der Waals surface area contributed by atoms with Crippen LogP contribution in [0.15, 0.2) is 46.8 Å². The van der Waals surface area contributed by atoms with Gasteiger partial charge in [0.1, 0.15) is 6.61 Å². The van der Waals surface area contributed by atoms with Crippen molar-refractivity contribution in [2.45, 2.75) is 19.8 Å². The highest BCUT2D eigenvalue weighted by Gasteiger charge is 2.37. The van der Waals surface area contributed by atoms with Crippen LogP contribution in [0.25, 0.3) is 0 Å². The van der Waals surface area contributed by atoms with Crippen LogP contribution in [-0.4, -0.2) is 75.2 Å². The highest BCUT2D eigenvalue weighted by atomic mass is 16.5. The van der Waals surface area contributed by atoms with Crippen molar-refractivity contribution in [3.63, 3.8) is 0 Å². The summed E-state index contributed by atoms with van der Waals surface area (Å²) in [5, 5.41) is 3.15. The number of nitrogens with one attached hydrogen (secondary N) is 1. The van der Waals surface area contributed by atoms with Gasteiger partial charge in [-0.15, -0.1) is 6.42 Å². The van der Waals surface area contributed by atoms with E-state index in [1.165, 1.54) is 7.11 Å². The van der Waals surface area contributed by atoms with E-state index in [1.54, 1.807) is 6.92 Å². The second kappa shape index (κ2) is 10.5. The zero-order chi connectivity index (χ0) is 23.3. The maximum absolute atomic E-state index is 13.2. The van der Waals surface area contributed by atoms with Crippen LogP contribution < -0.4 is 5.32 Å². The third kappa shape index (κ3) is 5.21. The second-order valence-electron chi connectivity index (χ2n) is 8.18. The molecule has 1 aromatic carbocycles. The molecular weight excluding hydrogens is 406 g/mol. The summed E-state index contributed by atoms with van der Waals surface area (Å²) in [6.45, 7) is 8.48. The van der Waals surface area contributed by atoms with Crippen LogP contribution in [0.2, 0.25) is 0 Å². The molecule has 0 bridgehead atoms. The summed E-state index contributed by atoms with van der Waals surface area (Å²) >= 11 is 0. The van der Waals surface area contributed by atoms with Gasteiger partial charge in [0, 0.05) is 49.7 Å². The summed E-state index contributed by atoms with van der Waals surface area (Å²) in [7, 11) is 3.43. The fourth-order valence-corrected chi connectivity index (χ4v) is 4.20. The SMILES string of the molecule is C#Cc1cccc(C2C(C(=O)OC)=C(C)NC(C)=C2C(=O)OCCN2CCN(C)CC2)c1. The van der Waals surface area contributed by atoms with E-state index in [0.29, 0.717) is 34.6 Å². The lowest BCUT2D eigenvalue weighted by Crippen LogP contribution is -2.45. The van der Waals surface area contributed by atoms with E-state index in [2.05, 4.69) is 28.1 Å². The quantitative estimate of drug-likeness (QED) is 0.538. The fraction of sp³-hybridized carbons (Fsp3) is 0.440. The number of allylic oxidation sites excluding steroid dienone is 2. The van der Waals surface area contributed by atoms with E-state index < -0.39 is 17.9 Å². The van der Waals surface area contributed by atoms with Crippen LogP contribution in [-0.2, 0) is 19.1 Å². The molecule has 3 rings (SSSR count). The number of esters is 2. The minimum Gasteiger partial charge on any atom is -0.466 e. The lowest BCUT2D eigenvalue weighted by Gasteiger charge is -2.32. The molecule has 1 N–H and O–H groups in total. The molecule has 2 aliphatic rings. The van der Waals surface area contributed by atoms with Gasteiger partial charge in [0.05, 0.1) is 24.2 Å². The summed E-state index contributed by atoms with van der Waals surface area (Å²) in [6.07, 6.45) is 5.59. The van der Waals surface area contributed by atoms with Crippen molar-refractivity contribution in [2.75, 3.05) is 53.5 Å². The number of likely N-dealkylation sites (N-methyl/N-ethyl adjacent to an activating group) is 1. The number of nitrogens with zero attached hydrogens (tertiary/aromatic N) is 2. The number of carbonyl (C=O) groups excluding carboxylic acids is 2. The molecule has 2 heterocycles. The molecule has 1 saturated heterocycles. The van der Waals surface area contributed by atoms with Crippen molar-refractivity contribution >= 4 is 11.9 Å². The van der Waals surface area contributed by atoms with Crippen LogP contribution in [0.1, 0.15) is 30.9 Å². The number of hydrogen-bond donors (Lipinski definition) is 1. The predicted octanol–water partition coefficient (Wildman–Crippen LogP) is 1.87. The van der Waals surface area contributed by atoms with Gasteiger partial charge in [0.2, 0.25) is 0 Å². The minimum atomic E-state index is -0.631. The van der Waals surface area contributed by atoms with Gasteiger partial charge in [0.15, 0.2) is 0 Å². The van der Waals surface area contributed by atoms with Gasteiger partial charge in [0.25, 0.3) is 0 Å².